The molecule has 600 valence electrons. The average Bonchev–Trinajstić information content (AvgIpc) is 1.09. The zero-order valence-electron chi connectivity index (χ0n) is 62.4. The molecule has 8 aliphatic rings. The third-order valence-electron chi connectivity index (χ3n) is 23.5. The largest absolute Gasteiger partial charge is 0.416 e. The lowest BCUT2D eigenvalue weighted by Crippen LogP contribution is -2.39. The molecule has 0 radical (unpaired) electrons. The molecule has 4 aliphatic carbocycles. The molecule has 4 N–H and O–H groups in total. The lowest BCUT2D eigenvalue weighted by Gasteiger charge is -2.33. The van der Waals surface area contributed by atoms with Gasteiger partial charge in [-0.25, -0.2) is 8.78 Å². The van der Waals surface area contributed by atoms with Crippen molar-refractivity contribution in [2.75, 3.05) is 52.4 Å². The number of amides is 4. The Morgan fingerprint density at radius 2 is 0.589 bits per heavy atom. The van der Waals surface area contributed by atoms with E-state index >= 15 is 0 Å². The number of carbonyl (C=O) groups is 4. The first-order chi connectivity index (χ1) is 53.4. The van der Waals surface area contributed by atoms with Crippen molar-refractivity contribution in [3.8, 4) is 0 Å². The number of benzene rings is 4. The minimum atomic E-state index is -4.60. The summed E-state index contributed by atoms with van der Waals surface area (Å²) in [7, 11) is 0. The number of piperidine rings is 4. The molecule has 0 saturated carbocycles. The van der Waals surface area contributed by atoms with Crippen LogP contribution in [0.1, 0.15) is 269 Å². The summed E-state index contributed by atoms with van der Waals surface area (Å²) in [5.74, 6) is -3.20. The number of aromatic nitrogens is 8. The topological polar surface area (TPSA) is 196 Å². The van der Waals surface area contributed by atoms with Gasteiger partial charge in [0, 0.05) is 109 Å². The molecular formula is C82H90F14N12O4. The van der Waals surface area contributed by atoms with Crippen LogP contribution < -0.4 is 0 Å². The minimum Gasteiger partial charge on any atom is -0.337 e. The van der Waals surface area contributed by atoms with Crippen LogP contribution in [0.5, 0.6) is 0 Å². The van der Waals surface area contributed by atoms with E-state index in [1.807, 2.05) is 12.1 Å². The molecule has 30 heteroatoms. The van der Waals surface area contributed by atoms with Gasteiger partial charge in [0.2, 0.25) is 0 Å². The van der Waals surface area contributed by atoms with Crippen molar-refractivity contribution in [1.29, 1.82) is 0 Å². The number of nitrogens with zero attached hydrogens (tertiary/aromatic N) is 8. The Balaban J connectivity index is 0.000000131. The number of fused-ring (bicyclic) bond motifs is 4. The third-order valence-corrected chi connectivity index (χ3v) is 23.5. The van der Waals surface area contributed by atoms with E-state index in [1.165, 1.54) is 24.3 Å². The second kappa shape index (κ2) is 33.7. The number of H-pyrrole nitrogens is 4. The molecule has 0 spiro atoms. The number of hydrogen-bond acceptors (Lipinski definition) is 8. The van der Waals surface area contributed by atoms with Gasteiger partial charge < -0.3 is 19.6 Å². The van der Waals surface area contributed by atoms with Crippen LogP contribution in [0.15, 0.2) is 72.8 Å². The Hall–Kier alpha value is -9.38. The SMILES string of the molecule is Cc1cc(C2CCN(C(=O)c3n[nH]c4c3CCCC4)CC2)cc(C(F)(F)F)c1.Cc1cc(C2CCN(C(=O)c3n[nH]c4c3CCCC4)CC2)cc(C(F)(F)F)c1.O=C(c1n[nH]c2c1CCCC2)N1CCC(c2c(F)cccc2C(F)(F)F)CC1.O=C(c1n[nH]c2c1CCCC2)N1CCC(c2c(F)cccc2C(F)(F)F)CC1. The highest BCUT2D eigenvalue weighted by Gasteiger charge is 2.42. The average molecular weight is 1570 g/mol. The Morgan fingerprint density at radius 1 is 0.339 bits per heavy atom. The van der Waals surface area contributed by atoms with E-state index in [4.69, 9.17) is 0 Å². The highest BCUT2D eigenvalue weighted by atomic mass is 19.4. The highest BCUT2D eigenvalue weighted by Crippen LogP contribution is 2.44. The van der Waals surface area contributed by atoms with Crippen molar-refractivity contribution >= 4 is 23.6 Å². The van der Waals surface area contributed by atoms with Crippen LogP contribution in [0.25, 0.3) is 0 Å². The number of rotatable bonds is 8. The van der Waals surface area contributed by atoms with Gasteiger partial charge in [0.1, 0.15) is 11.6 Å². The van der Waals surface area contributed by atoms with Crippen molar-refractivity contribution in [2.24, 2.45) is 0 Å². The Kier molecular flexibility index (Phi) is 24.3. The van der Waals surface area contributed by atoms with Crippen LogP contribution in [-0.4, -0.2) is 136 Å². The van der Waals surface area contributed by atoms with Crippen LogP contribution in [-0.2, 0) is 76.1 Å². The molecule has 4 amide bonds. The van der Waals surface area contributed by atoms with Crippen LogP contribution in [0.4, 0.5) is 61.5 Å². The molecular weight excluding hydrogens is 1480 g/mol. The molecule has 4 saturated heterocycles. The van der Waals surface area contributed by atoms with Gasteiger partial charge in [-0.05, 0) is 251 Å². The molecule has 8 heterocycles. The first-order valence-electron chi connectivity index (χ1n) is 38.9. The van der Waals surface area contributed by atoms with E-state index < -0.39 is 70.4 Å². The number of carbonyl (C=O) groups excluding carboxylic acids is 4. The summed E-state index contributed by atoms with van der Waals surface area (Å²) in [6, 6.07) is 14.7. The number of halogens is 14. The molecule has 16 nitrogen and oxygen atoms in total. The number of nitrogens with one attached hydrogen (secondary N) is 4. The predicted octanol–water partition coefficient (Wildman–Crippen LogP) is 18.2. The minimum absolute atomic E-state index is 0.0400. The van der Waals surface area contributed by atoms with Gasteiger partial charge in [0.25, 0.3) is 23.6 Å². The van der Waals surface area contributed by atoms with Gasteiger partial charge in [-0.2, -0.15) is 73.1 Å². The first-order valence-corrected chi connectivity index (χ1v) is 38.9. The summed E-state index contributed by atoms with van der Waals surface area (Å²) in [4.78, 5) is 58.4. The van der Waals surface area contributed by atoms with E-state index in [0.717, 1.165) is 195 Å². The smallest absolute Gasteiger partial charge is 0.337 e. The van der Waals surface area contributed by atoms with Crippen LogP contribution in [0.2, 0.25) is 0 Å². The molecule has 4 aliphatic heterocycles. The summed E-state index contributed by atoms with van der Waals surface area (Å²) < 4.78 is 187. The van der Waals surface area contributed by atoms with Crippen molar-refractivity contribution < 1.29 is 80.6 Å². The van der Waals surface area contributed by atoms with Crippen molar-refractivity contribution in [3.63, 3.8) is 0 Å². The number of alkyl halides is 12. The highest BCUT2D eigenvalue weighted by molar-refractivity contribution is 5.96. The van der Waals surface area contributed by atoms with Crippen LogP contribution in [0.3, 0.4) is 0 Å². The second-order valence-corrected chi connectivity index (χ2v) is 30.9. The van der Waals surface area contributed by atoms with E-state index in [9.17, 15) is 80.6 Å². The molecule has 4 fully saturated rings. The van der Waals surface area contributed by atoms with Crippen molar-refractivity contribution in [3.05, 3.63) is 208 Å². The molecule has 0 bridgehead atoms. The summed E-state index contributed by atoms with van der Waals surface area (Å²) in [6.07, 6.45) is 1.54. The zero-order chi connectivity index (χ0) is 79.6. The normalized spacial score (nSPS) is 18.2. The second-order valence-electron chi connectivity index (χ2n) is 30.9. The third kappa shape index (κ3) is 18.1. The van der Waals surface area contributed by atoms with Gasteiger partial charge in [0.05, 0.1) is 22.3 Å². The van der Waals surface area contributed by atoms with E-state index in [0.29, 0.717) is 111 Å². The van der Waals surface area contributed by atoms with Gasteiger partial charge in [-0.1, -0.05) is 35.4 Å². The van der Waals surface area contributed by atoms with E-state index in [2.05, 4.69) is 40.8 Å². The number of aryl methyl sites for hydroxylation is 6. The first kappa shape index (κ1) is 80.7. The Bertz CT molecular complexity index is 4400. The maximum Gasteiger partial charge on any atom is 0.416 e. The summed E-state index contributed by atoms with van der Waals surface area (Å²) in [5.41, 5.74) is 9.19. The maximum atomic E-state index is 14.2. The standard InChI is InChI=1S/2C21H24F3N3O.2C20H21F4N3O/c2*1-13-10-15(12-16(11-13)21(22,23)24)14-6-8-27(9-7-14)20(28)19-17-4-2-3-5-18(17)25-26-19;2*21-15-6-3-5-14(20(22,23)24)17(15)12-8-10-27(11-9-12)19(28)18-13-4-1-2-7-16(13)25-26-18/h2*10-12,14H,2-9H2,1H3,(H,25,26);2*3,5-6,12H,1-2,4,7-11H2,(H,25,26). The fourth-order valence-electron chi connectivity index (χ4n) is 17.6. The van der Waals surface area contributed by atoms with E-state index in [-0.39, 0.29) is 72.8 Å². The predicted molar refractivity (Wildman–Crippen MR) is 388 cm³/mol. The number of aromatic amines is 4. The summed E-state index contributed by atoms with van der Waals surface area (Å²) in [5, 5.41) is 28.8. The van der Waals surface area contributed by atoms with Crippen LogP contribution in [0, 0.1) is 25.5 Å². The maximum absolute atomic E-state index is 14.2. The van der Waals surface area contributed by atoms with Crippen molar-refractivity contribution in [2.45, 2.75) is 216 Å². The quantitative estimate of drug-likeness (QED) is 0.108. The molecule has 112 heavy (non-hydrogen) atoms. The molecule has 0 unspecified atom stereocenters. The van der Waals surface area contributed by atoms with Gasteiger partial charge in [-0.15, -0.1) is 0 Å². The fourth-order valence-corrected chi connectivity index (χ4v) is 17.6. The van der Waals surface area contributed by atoms with E-state index in [1.54, 1.807) is 33.4 Å². The lowest BCUT2D eigenvalue weighted by atomic mass is 9.85. The van der Waals surface area contributed by atoms with Gasteiger partial charge in [0.15, 0.2) is 22.8 Å². The van der Waals surface area contributed by atoms with Crippen molar-refractivity contribution in [1.82, 2.24) is 60.4 Å². The number of likely N-dealkylation sites (tertiary alicyclic amines) is 4. The Labute approximate surface area is 638 Å². The monoisotopic (exact) mass is 1570 g/mol. The molecule has 4 aromatic heterocycles. The number of hydrogen-bond donors (Lipinski definition) is 4. The van der Waals surface area contributed by atoms with Gasteiger partial charge in [-0.3, -0.25) is 39.6 Å². The van der Waals surface area contributed by atoms with Crippen LogP contribution >= 0.6 is 0 Å². The lowest BCUT2D eigenvalue weighted by molar-refractivity contribution is -0.139. The summed E-state index contributed by atoms with van der Waals surface area (Å²) >= 11 is 0. The Morgan fingerprint density at radius 3 is 0.839 bits per heavy atom. The molecule has 4 aromatic carbocycles. The van der Waals surface area contributed by atoms with Gasteiger partial charge >= 0.3 is 24.7 Å². The summed E-state index contributed by atoms with van der Waals surface area (Å²) in [6.45, 7) is 6.71. The molecule has 8 aromatic rings. The molecule has 0 atom stereocenters. The molecule has 16 rings (SSSR count). The fraction of sp³-hybridized carbons (Fsp3) is 0.512. The zero-order valence-corrected chi connectivity index (χ0v) is 62.4.